The number of nitrogens with zero attached hydrogens (tertiary/aromatic N) is 1. The van der Waals surface area contributed by atoms with Crippen LogP contribution in [0.2, 0.25) is 0 Å². The molecule has 0 aliphatic heterocycles. The molecule has 1 aromatic heterocycles. The summed E-state index contributed by atoms with van der Waals surface area (Å²) >= 11 is 0. The molecule has 0 bridgehead atoms. The van der Waals surface area contributed by atoms with Gasteiger partial charge in [0.1, 0.15) is 12.0 Å². The molecule has 0 spiro atoms. The summed E-state index contributed by atoms with van der Waals surface area (Å²) in [6, 6.07) is 10.5. The maximum atomic E-state index is 12.0. The Kier molecular flexibility index (Phi) is 3.45. The molecular formula is C16H17NO2. The Balaban J connectivity index is 1.72. The van der Waals surface area contributed by atoms with Crippen LogP contribution in [-0.4, -0.2) is 10.9 Å². The first-order chi connectivity index (χ1) is 9.33. The molecule has 1 aliphatic rings. The molecule has 2 aromatic rings. The SMILES string of the molecule is O=C1CCC(c2ccccc2)CC1Cc1cnoc1. The Bertz CT molecular complexity index is 533. The molecule has 0 saturated heterocycles. The second kappa shape index (κ2) is 5.39. The summed E-state index contributed by atoms with van der Waals surface area (Å²) in [5.41, 5.74) is 2.37. The van der Waals surface area contributed by atoms with Crippen LogP contribution >= 0.6 is 0 Å². The molecule has 1 saturated carbocycles. The van der Waals surface area contributed by atoms with Gasteiger partial charge in [0.25, 0.3) is 0 Å². The van der Waals surface area contributed by atoms with Crippen LogP contribution in [0.5, 0.6) is 0 Å². The van der Waals surface area contributed by atoms with Gasteiger partial charge < -0.3 is 4.52 Å². The van der Waals surface area contributed by atoms with Crippen molar-refractivity contribution in [2.24, 2.45) is 5.92 Å². The molecule has 3 heteroatoms. The Morgan fingerprint density at radius 1 is 1.26 bits per heavy atom. The fraction of sp³-hybridized carbons (Fsp3) is 0.375. The van der Waals surface area contributed by atoms with E-state index in [1.165, 1.54) is 5.56 Å². The first kappa shape index (κ1) is 12.2. The molecule has 0 N–H and O–H groups in total. The quantitative estimate of drug-likeness (QED) is 0.844. The lowest BCUT2D eigenvalue weighted by Crippen LogP contribution is -2.25. The van der Waals surface area contributed by atoms with Gasteiger partial charge in [0, 0.05) is 17.9 Å². The number of aromatic nitrogens is 1. The van der Waals surface area contributed by atoms with E-state index in [-0.39, 0.29) is 5.92 Å². The van der Waals surface area contributed by atoms with Gasteiger partial charge in [0.05, 0.1) is 6.20 Å². The van der Waals surface area contributed by atoms with Gasteiger partial charge in [-0.2, -0.15) is 0 Å². The van der Waals surface area contributed by atoms with Gasteiger partial charge in [-0.25, -0.2) is 0 Å². The monoisotopic (exact) mass is 255 g/mol. The van der Waals surface area contributed by atoms with Crippen LogP contribution in [0.3, 0.4) is 0 Å². The highest BCUT2D eigenvalue weighted by Gasteiger charge is 2.29. The van der Waals surface area contributed by atoms with Crippen molar-refractivity contribution in [2.45, 2.75) is 31.6 Å². The highest BCUT2D eigenvalue weighted by atomic mass is 16.5. The molecular weight excluding hydrogens is 238 g/mol. The maximum Gasteiger partial charge on any atom is 0.136 e. The van der Waals surface area contributed by atoms with Gasteiger partial charge in [-0.15, -0.1) is 0 Å². The van der Waals surface area contributed by atoms with Gasteiger partial charge >= 0.3 is 0 Å². The number of benzene rings is 1. The molecule has 2 unspecified atom stereocenters. The normalized spacial score (nSPS) is 23.5. The zero-order valence-electron chi connectivity index (χ0n) is 10.8. The molecule has 1 aromatic carbocycles. The van der Waals surface area contributed by atoms with Crippen molar-refractivity contribution in [1.29, 1.82) is 0 Å². The smallest absolute Gasteiger partial charge is 0.136 e. The number of carbonyl (C=O) groups excluding carboxylic acids is 1. The first-order valence-corrected chi connectivity index (χ1v) is 6.79. The third-order valence-corrected chi connectivity index (χ3v) is 4.00. The summed E-state index contributed by atoms with van der Waals surface area (Å²) in [4.78, 5) is 12.0. The van der Waals surface area contributed by atoms with Crippen LogP contribution in [0.1, 0.15) is 36.3 Å². The second-order valence-electron chi connectivity index (χ2n) is 5.28. The van der Waals surface area contributed by atoms with Gasteiger partial charge in [-0.05, 0) is 30.7 Å². The van der Waals surface area contributed by atoms with E-state index < -0.39 is 0 Å². The van der Waals surface area contributed by atoms with Crippen LogP contribution in [0.15, 0.2) is 47.3 Å². The fourth-order valence-electron chi connectivity index (χ4n) is 2.95. The number of hydrogen-bond donors (Lipinski definition) is 0. The molecule has 1 fully saturated rings. The van der Waals surface area contributed by atoms with Crippen molar-refractivity contribution in [3.63, 3.8) is 0 Å². The number of ketones is 1. The molecule has 1 aliphatic carbocycles. The summed E-state index contributed by atoms with van der Waals surface area (Å²) in [7, 11) is 0. The van der Waals surface area contributed by atoms with Gasteiger partial charge in [0.2, 0.25) is 0 Å². The van der Waals surface area contributed by atoms with Crippen molar-refractivity contribution in [3.8, 4) is 0 Å². The summed E-state index contributed by atoms with van der Waals surface area (Å²) in [6.07, 6.45) is 6.71. The summed E-state index contributed by atoms with van der Waals surface area (Å²) < 4.78 is 4.84. The molecule has 2 atom stereocenters. The first-order valence-electron chi connectivity index (χ1n) is 6.79. The van der Waals surface area contributed by atoms with Crippen molar-refractivity contribution in [2.75, 3.05) is 0 Å². The van der Waals surface area contributed by atoms with Crippen LogP contribution in [0.4, 0.5) is 0 Å². The summed E-state index contributed by atoms with van der Waals surface area (Å²) in [5, 5.41) is 3.70. The van der Waals surface area contributed by atoms with Crippen molar-refractivity contribution < 1.29 is 9.32 Å². The average Bonchev–Trinajstić information content (AvgIpc) is 2.95. The zero-order chi connectivity index (χ0) is 13.1. The highest BCUT2D eigenvalue weighted by Crippen LogP contribution is 2.35. The minimum Gasteiger partial charge on any atom is -0.364 e. The molecule has 3 nitrogen and oxygen atoms in total. The van der Waals surface area contributed by atoms with Gasteiger partial charge in [-0.3, -0.25) is 4.79 Å². The molecule has 3 rings (SSSR count). The topological polar surface area (TPSA) is 43.1 Å². The number of Topliss-reactive ketones (excluding diaryl/α,β-unsaturated/α-hetero) is 1. The predicted octanol–water partition coefficient (Wildman–Crippen LogP) is 3.37. The third-order valence-electron chi connectivity index (χ3n) is 4.00. The summed E-state index contributed by atoms with van der Waals surface area (Å²) in [5.74, 6) is 0.996. The molecule has 0 amide bonds. The number of hydrogen-bond acceptors (Lipinski definition) is 3. The lowest BCUT2D eigenvalue weighted by Gasteiger charge is -2.28. The zero-order valence-corrected chi connectivity index (χ0v) is 10.8. The largest absolute Gasteiger partial charge is 0.364 e. The van der Waals surface area contributed by atoms with E-state index in [9.17, 15) is 4.79 Å². The lowest BCUT2D eigenvalue weighted by molar-refractivity contribution is -0.124. The number of rotatable bonds is 3. The van der Waals surface area contributed by atoms with E-state index in [1.54, 1.807) is 12.5 Å². The van der Waals surface area contributed by atoms with E-state index >= 15 is 0 Å². The second-order valence-corrected chi connectivity index (χ2v) is 5.28. The Hall–Kier alpha value is -1.90. The van der Waals surface area contributed by atoms with Crippen molar-refractivity contribution in [1.82, 2.24) is 5.16 Å². The minimum absolute atomic E-state index is 0.110. The Labute approximate surface area is 112 Å². The fourth-order valence-corrected chi connectivity index (χ4v) is 2.95. The van der Waals surface area contributed by atoms with E-state index in [0.29, 0.717) is 18.1 Å². The Morgan fingerprint density at radius 2 is 2.11 bits per heavy atom. The van der Waals surface area contributed by atoms with E-state index in [4.69, 9.17) is 4.52 Å². The van der Waals surface area contributed by atoms with Gasteiger partial charge in [0.15, 0.2) is 0 Å². The standard InChI is InChI=1S/C16H17NO2/c18-16-7-6-14(13-4-2-1-3-5-13)9-15(16)8-12-10-17-19-11-12/h1-5,10-11,14-15H,6-9H2. The average molecular weight is 255 g/mol. The van der Waals surface area contributed by atoms with E-state index in [0.717, 1.165) is 24.8 Å². The van der Waals surface area contributed by atoms with Crippen LogP contribution in [0.25, 0.3) is 0 Å². The van der Waals surface area contributed by atoms with Crippen LogP contribution in [0, 0.1) is 5.92 Å². The third kappa shape index (κ3) is 2.75. The minimum atomic E-state index is 0.110. The molecule has 1 heterocycles. The lowest BCUT2D eigenvalue weighted by atomic mass is 9.75. The van der Waals surface area contributed by atoms with E-state index in [1.807, 2.05) is 6.07 Å². The Morgan fingerprint density at radius 3 is 2.84 bits per heavy atom. The summed E-state index contributed by atoms with van der Waals surface area (Å²) in [6.45, 7) is 0. The predicted molar refractivity (Wildman–Crippen MR) is 71.7 cm³/mol. The highest BCUT2D eigenvalue weighted by molar-refractivity contribution is 5.82. The number of carbonyl (C=O) groups is 1. The van der Waals surface area contributed by atoms with Crippen molar-refractivity contribution in [3.05, 3.63) is 53.9 Å². The van der Waals surface area contributed by atoms with E-state index in [2.05, 4.69) is 29.4 Å². The molecule has 0 radical (unpaired) electrons. The maximum absolute atomic E-state index is 12.0. The van der Waals surface area contributed by atoms with Crippen molar-refractivity contribution >= 4 is 5.78 Å². The molecule has 98 valence electrons. The van der Waals surface area contributed by atoms with Crippen LogP contribution < -0.4 is 0 Å². The molecule has 19 heavy (non-hydrogen) atoms. The van der Waals surface area contributed by atoms with Crippen LogP contribution in [-0.2, 0) is 11.2 Å². The van der Waals surface area contributed by atoms with Gasteiger partial charge in [-0.1, -0.05) is 35.5 Å².